The molecule has 1 saturated carbocycles. The van der Waals surface area contributed by atoms with E-state index in [1.54, 1.807) is 13.1 Å². The van der Waals surface area contributed by atoms with Crippen molar-refractivity contribution in [3.05, 3.63) is 22.3 Å². The van der Waals surface area contributed by atoms with Gasteiger partial charge in [0, 0.05) is 44.4 Å². The summed E-state index contributed by atoms with van der Waals surface area (Å²) >= 11 is 3.36. The minimum atomic E-state index is -0.581. The van der Waals surface area contributed by atoms with Crippen molar-refractivity contribution in [3.63, 3.8) is 0 Å². The third-order valence-corrected chi connectivity index (χ3v) is 3.17. The van der Waals surface area contributed by atoms with E-state index in [-0.39, 0.29) is 27.7 Å². The van der Waals surface area contributed by atoms with Crippen LogP contribution >= 0.6 is 15.9 Å². The Labute approximate surface area is 130 Å². The molecule has 1 fully saturated rings. The maximum atomic E-state index is 9.55. The molecule has 1 aliphatic rings. The first kappa shape index (κ1) is 18.0. The van der Waals surface area contributed by atoms with Gasteiger partial charge in [-0.05, 0) is 48.2 Å². The van der Waals surface area contributed by atoms with Crippen LogP contribution in [0, 0.1) is 6.92 Å². The van der Waals surface area contributed by atoms with E-state index < -0.39 is 5.60 Å². The molecule has 1 aliphatic carbocycles. The van der Waals surface area contributed by atoms with Crippen LogP contribution in [0.5, 0.6) is 5.88 Å². The summed E-state index contributed by atoms with van der Waals surface area (Å²) in [6, 6.07) is 1.86. The zero-order chi connectivity index (χ0) is 12.9. The Hall–Kier alpha value is 0.0383. The van der Waals surface area contributed by atoms with Gasteiger partial charge in [-0.15, -0.1) is 0 Å². The number of halogens is 1. The van der Waals surface area contributed by atoms with Crippen molar-refractivity contribution in [2.75, 3.05) is 13.2 Å². The zero-order valence-corrected chi connectivity index (χ0v) is 15.0. The van der Waals surface area contributed by atoms with Crippen molar-refractivity contribution in [2.45, 2.75) is 32.3 Å². The summed E-state index contributed by atoms with van der Waals surface area (Å²) in [6.07, 6.45) is 3.38. The predicted octanol–water partition coefficient (Wildman–Crippen LogP) is 2.05. The number of aliphatic hydroxyl groups is 2. The van der Waals surface area contributed by atoms with Gasteiger partial charge in [-0.25, -0.2) is 4.98 Å². The average Bonchev–Trinajstić information content (AvgIpc) is 3.00. The van der Waals surface area contributed by atoms with Crippen LogP contribution in [0.15, 0.2) is 16.7 Å². The number of hydrogen-bond acceptors (Lipinski definition) is 4. The standard InChI is InChI=1S/C10H12BrNO2.C2H6O.W/c1-7-4-9(12-5-8(7)11)14-6-10(13)2-3-10;1-2-3;/h4-5,13H,2-3,6H2,1H3;3H,2H2,1H3;. The van der Waals surface area contributed by atoms with Crippen LogP contribution in [-0.4, -0.2) is 34.0 Å². The van der Waals surface area contributed by atoms with E-state index in [0.29, 0.717) is 12.5 Å². The second-order valence-electron chi connectivity index (χ2n) is 4.10. The summed E-state index contributed by atoms with van der Waals surface area (Å²) in [5.41, 5.74) is 0.501. The molecular weight excluding hydrogens is 470 g/mol. The number of ether oxygens (including phenoxy) is 1. The van der Waals surface area contributed by atoms with E-state index in [1.807, 2.05) is 13.0 Å². The Morgan fingerprint density at radius 1 is 1.50 bits per heavy atom. The van der Waals surface area contributed by atoms with E-state index in [1.165, 1.54) is 0 Å². The molecule has 0 bridgehead atoms. The number of aromatic nitrogens is 1. The maximum Gasteiger partial charge on any atom is 0.213 e. The monoisotopic (exact) mass is 487 g/mol. The second-order valence-corrected chi connectivity index (χ2v) is 4.96. The first-order valence-electron chi connectivity index (χ1n) is 5.59. The molecule has 0 radical (unpaired) electrons. The largest absolute Gasteiger partial charge is 0.475 e. The average molecular weight is 488 g/mol. The molecule has 0 aliphatic heterocycles. The van der Waals surface area contributed by atoms with Crippen molar-refractivity contribution in [2.24, 2.45) is 0 Å². The molecule has 4 nitrogen and oxygen atoms in total. The molecule has 0 amide bonds. The fourth-order valence-corrected chi connectivity index (χ4v) is 1.31. The van der Waals surface area contributed by atoms with Gasteiger partial charge < -0.3 is 14.9 Å². The van der Waals surface area contributed by atoms with Crippen LogP contribution in [0.1, 0.15) is 25.3 Å². The molecule has 0 spiro atoms. The molecule has 6 heteroatoms. The Morgan fingerprint density at radius 2 is 2.06 bits per heavy atom. The first-order chi connectivity index (χ1) is 8.00. The summed E-state index contributed by atoms with van der Waals surface area (Å²) in [6.45, 7) is 4.26. The molecule has 1 aromatic heterocycles. The molecule has 1 heterocycles. The Morgan fingerprint density at radius 3 is 2.50 bits per heavy atom. The van der Waals surface area contributed by atoms with Crippen LogP contribution in [0.4, 0.5) is 0 Å². The minimum absolute atomic E-state index is 0. The van der Waals surface area contributed by atoms with Gasteiger partial charge in [-0.2, -0.15) is 0 Å². The van der Waals surface area contributed by atoms with Crippen molar-refractivity contribution in [1.29, 1.82) is 0 Å². The van der Waals surface area contributed by atoms with Crippen molar-refractivity contribution in [1.82, 2.24) is 4.98 Å². The van der Waals surface area contributed by atoms with Gasteiger partial charge in [0.25, 0.3) is 0 Å². The normalized spacial score (nSPS) is 14.9. The van der Waals surface area contributed by atoms with E-state index >= 15 is 0 Å². The van der Waals surface area contributed by atoms with Crippen LogP contribution in [0.25, 0.3) is 0 Å². The first-order valence-corrected chi connectivity index (χ1v) is 6.38. The van der Waals surface area contributed by atoms with Gasteiger partial charge in [0.1, 0.15) is 6.61 Å². The van der Waals surface area contributed by atoms with Gasteiger partial charge in [0.2, 0.25) is 5.88 Å². The fourth-order valence-electron chi connectivity index (χ4n) is 1.09. The molecule has 0 atom stereocenters. The second kappa shape index (κ2) is 8.26. The van der Waals surface area contributed by atoms with Crippen LogP contribution in [0.2, 0.25) is 0 Å². The van der Waals surface area contributed by atoms with Gasteiger partial charge in [-0.3, -0.25) is 0 Å². The molecular formula is C12H18BrNO3W. The molecule has 2 N–H and O–H groups in total. The van der Waals surface area contributed by atoms with Gasteiger partial charge in [-0.1, -0.05) is 0 Å². The SMILES string of the molecule is CCO.Cc1cc(OCC2(O)CC2)ncc1Br.[W]. The fraction of sp³-hybridized carbons (Fsp3) is 0.583. The summed E-state index contributed by atoms with van der Waals surface area (Å²) < 4.78 is 6.35. The molecule has 18 heavy (non-hydrogen) atoms. The topological polar surface area (TPSA) is 62.6 Å². The number of pyridine rings is 1. The van der Waals surface area contributed by atoms with Crippen molar-refractivity contribution in [3.8, 4) is 5.88 Å². The molecule has 0 unspecified atom stereocenters. The number of aryl methyl sites for hydroxylation is 1. The zero-order valence-electron chi connectivity index (χ0n) is 10.5. The molecule has 2 rings (SSSR count). The van der Waals surface area contributed by atoms with Crippen LogP contribution in [0.3, 0.4) is 0 Å². The Kier molecular flexibility index (Phi) is 8.27. The Balaban J connectivity index is 0.000000660. The molecule has 0 aromatic carbocycles. The number of hydrogen-bond donors (Lipinski definition) is 2. The minimum Gasteiger partial charge on any atom is -0.475 e. The van der Waals surface area contributed by atoms with Crippen molar-refractivity contribution < 1.29 is 36.0 Å². The van der Waals surface area contributed by atoms with E-state index in [2.05, 4.69) is 20.9 Å². The van der Waals surface area contributed by atoms with Crippen molar-refractivity contribution >= 4 is 15.9 Å². The van der Waals surface area contributed by atoms with Gasteiger partial charge in [0.15, 0.2) is 0 Å². The Bertz CT molecular complexity index is 372. The number of rotatable bonds is 3. The summed E-state index contributed by atoms with van der Waals surface area (Å²) in [7, 11) is 0. The molecule has 1 aromatic rings. The van der Waals surface area contributed by atoms with E-state index in [4.69, 9.17) is 9.84 Å². The maximum absolute atomic E-state index is 9.55. The smallest absolute Gasteiger partial charge is 0.213 e. The quantitative estimate of drug-likeness (QED) is 0.685. The third-order valence-electron chi connectivity index (χ3n) is 2.34. The van der Waals surface area contributed by atoms with E-state index in [0.717, 1.165) is 22.9 Å². The molecule has 102 valence electrons. The van der Waals surface area contributed by atoms with Gasteiger partial charge >= 0.3 is 0 Å². The summed E-state index contributed by atoms with van der Waals surface area (Å²) in [5, 5.41) is 17.1. The number of nitrogens with zero attached hydrogens (tertiary/aromatic N) is 1. The predicted molar refractivity (Wildman–Crippen MR) is 69.1 cm³/mol. The summed E-state index contributed by atoms with van der Waals surface area (Å²) in [5.74, 6) is 0.575. The summed E-state index contributed by atoms with van der Waals surface area (Å²) in [4.78, 5) is 4.09. The number of aliphatic hydroxyl groups excluding tert-OH is 1. The third kappa shape index (κ3) is 6.28. The van der Waals surface area contributed by atoms with Gasteiger partial charge in [0.05, 0.1) is 5.60 Å². The van der Waals surface area contributed by atoms with Crippen LogP contribution in [-0.2, 0) is 21.1 Å². The van der Waals surface area contributed by atoms with E-state index in [9.17, 15) is 5.11 Å². The van der Waals surface area contributed by atoms with Crippen LogP contribution < -0.4 is 4.74 Å². The molecule has 0 saturated heterocycles.